The van der Waals surface area contributed by atoms with E-state index >= 15 is 0 Å². The number of carboxylic acid groups (broad SMARTS) is 1. The van der Waals surface area contributed by atoms with Crippen LogP contribution in [0.5, 0.6) is 5.75 Å². The molecule has 0 radical (unpaired) electrons. The second kappa shape index (κ2) is 7.69. The fraction of sp³-hybridized carbons (Fsp3) is 0.176. The SMILES string of the molecule is COc1ccc(S[C@@H](C)C(=O)Nc2ccc(C(=O)O)cc2)cc1. The Labute approximate surface area is 138 Å². The lowest BCUT2D eigenvalue weighted by molar-refractivity contribution is -0.115. The van der Waals surface area contributed by atoms with Crippen LogP contribution >= 0.6 is 11.8 Å². The van der Waals surface area contributed by atoms with Crippen molar-refractivity contribution in [3.05, 3.63) is 54.1 Å². The third kappa shape index (κ3) is 4.75. The van der Waals surface area contributed by atoms with E-state index in [0.29, 0.717) is 5.69 Å². The number of carboxylic acids is 1. The van der Waals surface area contributed by atoms with Gasteiger partial charge < -0.3 is 15.2 Å². The minimum absolute atomic E-state index is 0.145. The molecule has 0 spiro atoms. The maximum Gasteiger partial charge on any atom is 0.335 e. The highest BCUT2D eigenvalue weighted by Crippen LogP contribution is 2.26. The van der Waals surface area contributed by atoms with Crippen molar-refractivity contribution in [2.45, 2.75) is 17.1 Å². The Bertz CT molecular complexity index is 683. The van der Waals surface area contributed by atoms with E-state index in [2.05, 4.69) is 5.32 Å². The Balaban J connectivity index is 1.94. The molecule has 0 saturated carbocycles. The fourth-order valence-electron chi connectivity index (χ4n) is 1.85. The van der Waals surface area contributed by atoms with E-state index in [1.54, 1.807) is 19.2 Å². The lowest BCUT2D eigenvalue weighted by Crippen LogP contribution is -2.22. The minimum atomic E-state index is -0.994. The highest BCUT2D eigenvalue weighted by atomic mass is 32.2. The first kappa shape index (κ1) is 16.9. The predicted molar refractivity (Wildman–Crippen MR) is 90.3 cm³/mol. The number of anilines is 1. The zero-order valence-electron chi connectivity index (χ0n) is 12.8. The van der Waals surface area contributed by atoms with Crippen molar-refractivity contribution in [1.82, 2.24) is 0 Å². The van der Waals surface area contributed by atoms with Crippen molar-refractivity contribution in [1.29, 1.82) is 0 Å². The van der Waals surface area contributed by atoms with Gasteiger partial charge in [0, 0.05) is 10.6 Å². The summed E-state index contributed by atoms with van der Waals surface area (Å²) in [6.45, 7) is 1.82. The molecule has 2 aromatic rings. The molecule has 0 heterocycles. The minimum Gasteiger partial charge on any atom is -0.497 e. The van der Waals surface area contributed by atoms with Crippen molar-refractivity contribution in [3.8, 4) is 5.75 Å². The summed E-state index contributed by atoms with van der Waals surface area (Å²) >= 11 is 1.44. The number of amides is 1. The Kier molecular flexibility index (Phi) is 5.65. The van der Waals surface area contributed by atoms with Crippen LogP contribution in [0.4, 0.5) is 5.69 Å². The largest absolute Gasteiger partial charge is 0.497 e. The van der Waals surface area contributed by atoms with Gasteiger partial charge in [-0.1, -0.05) is 0 Å². The van der Waals surface area contributed by atoms with Gasteiger partial charge in [-0.15, -0.1) is 11.8 Å². The van der Waals surface area contributed by atoms with E-state index in [1.165, 1.54) is 23.9 Å². The van der Waals surface area contributed by atoms with Gasteiger partial charge in [-0.25, -0.2) is 4.79 Å². The monoisotopic (exact) mass is 331 g/mol. The molecule has 0 unspecified atom stereocenters. The number of aromatic carboxylic acids is 1. The van der Waals surface area contributed by atoms with E-state index < -0.39 is 5.97 Å². The van der Waals surface area contributed by atoms with Gasteiger partial charge in [-0.05, 0) is 55.5 Å². The van der Waals surface area contributed by atoms with Crippen molar-refractivity contribution >= 4 is 29.3 Å². The Morgan fingerprint density at radius 2 is 1.70 bits per heavy atom. The zero-order valence-corrected chi connectivity index (χ0v) is 13.6. The van der Waals surface area contributed by atoms with Gasteiger partial charge in [0.1, 0.15) is 5.75 Å². The lowest BCUT2D eigenvalue weighted by Gasteiger charge is -2.12. The molecule has 5 nitrogen and oxygen atoms in total. The first-order valence-electron chi connectivity index (χ1n) is 6.94. The van der Waals surface area contributed by atoms with Crippen LogP contribution in [0.1, 0.15) is 17.3 Å². The summed E-state index contributed by atoms with van der Waals surface area (Å²) in [5.41, 5.74) is 0.755. The van der Waals surface area contributed by atoms with Crippen LogP contribution < -0.4 is 10.1 Å². The van der Waals surface area contributed by atoms with Gasteiger partial charge in [-0.2, -0.15) is 0 Å². The smallest absolute Gasteiger partial charge is 0.335 e. The van der Waals surface area contributed by atoms with Crippen molar-refractivity contribution < 1.29 is 19.4 Å². The normalized spacial score (nSPS) is 11.6. The first-order valence-corrected chi connectivity index (χ1v) is 7.82. The van der Waals surface area contributed by atoms with E-state index in [4.69, 9.17) is 9.84 Å². The summed E-state index contributed by atoms with van der Waals surface area (Å²) in [7, 11) is 1.61. The average molecular weight is 331 g/mol. The maximum atomic E-state index is 12.2. The molecule has 0 saturated heterocycles. The molecular formula is C17H17NO4S. The van der Waals surface area contributed by atoms with E-state index in [9.17, 15) is 9.59 Å². The number of methoxy groups -OCH3 is 1. The molecule has 2 aromatic carbocycles. The molecule has 120 valence electrons. The van der Waals surface area contributed by atoms with Gasteiger partial charge in [0.15, 0.2) is 0 Å². The summed E-state index contributed by atoms with van der Waals surface area (Å²) in [5.74, 6) is -0.370. The van der Waals surface area contributed by atoms with Crippen LogP contribution in [0.15, 0.2) is 53.4 Å². The summed E-state index contributed by atoms with van der Waals surface area (Å²) < 4.78 is 5.10. The van der Waals surface area contributed by atoms with Gasteiger partial charge in [0.05, 0.1) is 17.9 Å². The Morgan fingerprint density at radius 1 is 1.09 bits per heavy atom. The molecule has 2 rings (SSSR count). The predicted octanol–water partition coefficient (Wildman–Crippen LogP) is 3.51. The standard InChI is InChI=1S/C17H17NO4S/c1-11(23-15-9-7-14(22-2)8-10-15)16(19)18-13-5-3-12(4-6-13)17(20)21/h3-11H,1-2H3,(H,18,19)(H,20,21)/t11-/m0/s1. The molecule has 0 fully saturated rings. The summed E-state index contributed by atoms with van der Waals surface area (Å²) in [5, 5.41) is 11.3. The highest BCUT2D eigenvalue weighted by Gasteiger charge is 2.15. The van der Waals surface area contributed by atoms with Crippen LogP contribution in [0.2, 0.25) is 0 Å². The molecule has 0 bridgehead atoms. The van der Waals surface area contributed by atoms with E-state index in [1.807, 2.05) is 31.2 Å². The zero-order chi connectivity index (χ0) is 16.8. The average Bonchev–Trinajstić information content (AvgIpc) is 2.56. The van der Waals surface area contributed by atoms with Crippen molar-refractivity contribution in [3.63, 3.8) is 0 Å². The first-order chi connectivity index (χ1) is 11.0. The lowest BCUT2D eigenvalue weighted by atomic mass is 10.2. The third-order valence-electron chi connectivity index (χ3n) is 3.14. The number of benzene rings is 2. The van der Waals surface area contributed by atoms with Crippen LogP contribution in [0.3, 0.4) is 0 Å². The Morgan fingerprint density at radius 3 is 2.22 bits per heavy atom. The van der Waals surface area contributed by atoms with Crippen LogP contribution in [0, 0.1) is 0 Å². The van der Waals surface area contributed by atoms with Gasteiger partial charge in [-0.3, -0.25) is 4.79 Å². The molecule has 23 heavy (non-hydrogen) atoms. The van der Waals surface area contributed by atoms with Gasteiger partial charge in [0.25, 0.3) is 0 Å². The van der Waals surface area contributed by atoms with E-state index in [-0.39, 0.29) is 16.7 Å². The molecular weight excluding hydrogens is 314 g/mol. The summed E-state index contributed by atoms with van der Waals surface area (Å²) in [4.78, 5) is 23.9. The van der Waals surface area contributed by atoms with Crippen LogP contribution in [-0.4, -0.2) is 29.3 Å². The van der Waals surface area contributed by atoms with Gasteiger partial charge in [0.2, 0.25) is 5.91 Å². The number of thioether (sulfide) groups is 1. The topological polar surface area (TPSA) is 75.6 Å². The number of hydrogen-bond acceptors (Lipinski definition) is 4. The van der Waals surface area contributed by atoms with Crippen LogP contribution in [0.25, 0.3) is 0 Å². The second-order valence-corrected chi connectivity index (χ2v) is 6.22. The number of ether oxygens (including phenoxy) is 1. The summed E-state index contributed by atoms with van der Waals surface area (Å²) in [6, 6.07) is 13.6. The molecule has 0 aliphatic heterocycles. The van der Waals surface area contributed by atoms with Gasteiger partial charge >= 0.3 is 5.97 Å². The molecule has 1 atom stereocenters. The third-order valence-corrected chi connectivity index (χ3v) is 4.25. The van der Waals surface area contributed by atoms with Crippen molar-refractivity contribution in [2.75, 3.05) is 12.4 Å². The fourth-order valence-corrected chi connectivity index (χ4v) is 2.72. The molecule has 2 N–H and O–H groups in total. The summed E-state index contributed by atoms with van der Waals surface area (Å²) in [6.07, 6.45) is 0. The second-order valence-electron chi connectivity index (χ2n) is 4.81. The molecule has 1 amide bonds. The molecule has 0 aliphatic carbocycles. The molecule has 0 aliphatic rings. The van der Waals surface area contributed by atoms with Crippen LogP contribution in [-0.2, 0) is 4.79 Å². The Hall–Kier alpha value is -2.47. The quantitative estimate of drug-likeness (QED) is 0.792. The number of nitrogens with one attached hydrogen (secondary N) is 1. The number of carbonyl (C=O) groups excluding carboxylic acids is 1. The number of carbonyl (C=O) groups is 2. The maximum absolute atomic E-state index is 12.2. The number of rotatable bonds is 6. The molecule has 6 heteroatoms. The molecule has 0 aromatic heterocycles. The van der Waals surface area contributed by atoms with E-state index in [0.717, 1.165) is 10.6 Å². The van der Waals surface area contributed by atoms with Crippen molar-refractivity contribution in [2.24, 2.45) is 0 Å². The number of hydrogen-bond donors (Lipinski definition) is 2. The highest BCUT2D eigenvalue weighted by molar-refractivity contribution is 8.00.